The average Bonchev–Trinajstić information content (AvgIpc) is 3.05. The smallest absolute Gasteiger partial charge is 0.0483 e. The van der Waals surface area contributed by atoms with E-state index >= 15 is 0 Å². The summed E-state index contributed by atoms with van der Waals surface area (Å²) in [7, 11) is 0. The normalized spacial score (nSPS) is 16.5. The minimum atomic E-state index is 0.934. The highest BCUT2D eigenvalue weighted by atomic mass is 15.0. The molecular weight excluding hydrogens is 232 g/mol. The van der Waals surface area contributed by atoms with Gasteiger partial charge in [0.2, 0.25) is 0 Å². The van der Waals surface area contributed by atoms with Crippen molar-refractivity contribution in [1.82, 2.24) is 9.88 Å². The SMILES string of the molecule is Cc1cccc2c1ccn2CCNCC1CCCC1. The van der Waals surface area contributed by atoms with E-state index in [1.165, 1.54) is 48.7 Å². The van der Waals surface area contributed by atoms with Gasteiger partial charge in [0.05, 0.1) is 0 Å². The largest absolute Gasteiger partial charge is 0.346 e. The van der Waals surface area contributed by atoms with E-state index in [0.717, 1.165) is 19.0 Å². The lowest BCUT2D eigenvalue weighted by atomic mass is 10.1. The topological polar surface area (TPSA) is 17.0 Å². The molecule has 0 saturated heterocycles. The molecule has 1 N–H and O–H groups in total. The average molecular weight is 256 g/mol. The third-order valence-corrected chi connectivity index (χ3v) is 4.47. The maximum atomic E-state index is 3.62. The van der Waals surface area contributed by atoms with Crippen molar-refractivity contribution in [3.05, 3.63) is 36.0 Å². The van der Waals surface area contributed by atoms with Crippen LogP contribution in [-0.2, 0) is 6.54 Å². The first-order chi connectivity index (χ1) is 9.34. The minimum absolute atomic E-state index is 0.934. The van der Waals surface area contributed by atoms with Crippen molar-refractivity contribution in [2.45, 2.75) is 39.2 Å². The van der Waals surface area contributed by atoms with Crippen molar-refractivity contribution in [3.8, 4) is 0 Å². The van der Waals surface area contributed by atoms with Crippen LogP contribution in [0.4, 0.5) is 0 Å². The Morgan fingerprint density at radius 2 is 2.05 bits per heavy atom. The van der Waals surface area contributed by atoms with E-state index in [-0.39, 0.29) is 0 Å². The Balaban J connectivity index is 1.55. The molecule has 0 unspecified atom stereocenters. The lowest BCUT2D eigenvalue weighted by molar-refractivity contribution is 0.478. The highest BCUT2D eigenvalue weighted by Crippen LogP contribution is 2.23. The Labute approximate surface area is 115 Å². The fraction of sp³-hybridized carbons (Fsp3) is 0.529. The van der Waals surface area contributed by atoms with E-state index in [9.17, 15) is 0 Å². The fourth-order valence-electron chi connectivity index (χ4n) is 3.29. The van der Waals surface area contributed by atoms with Crippen LogP contribution >= 0.6 is 0 Å². The van der Waals surface area contributed by atoms with Crippen molar-refractivity contribution in [1.29, 1.82) is 0 Å². The molecule has 3 rings (SSSR count). The van der Waals surface area contributed by atoms with Crippen molar-refractivity contribution in [3.63, 3.8) is 0 Å². The number of benzene rings is 1. The van der Waals surface area contributed by atoms with Gasteiger partial charge in [-0.05, 0) is 49.9 Å². The van der Waals surface area contributed by atoms with Crippen LogP contribution in [0.15, 0.2) is 30.5 Å². The second-order valence-corrected chi connectivity index (χ2v) is 5.87. The number of hydrogen-bond donors (Lipinski definition) is 1. The number of aryl methyl sites for hydroxylation is 1. The van der Waals surface area contributed by atoms with Gasteiger partial charge in [0.15, 0.2) is 0 Å². The van der Waals surface area contributed by atoms with Crippen LogP contribution in [0.5, 0.6) is 0 Å². The van der Waals surface area contributed by atoms with Crippen molar-refractivity contribution < 1.29 is 0 Å². The van der Waals surface area contributed by atoms with Crippen molar-refractivity contribution in [2.24, 2.45) is 5.92 Å². The van der Waals surface area contributed by atoms with E-state index in [0.29, 0.717) is 0 Å². The Kier molecular flexibility index (Phi) is 3.88. The quantitative estimate of drug-likeness (QED) is 0.807. The predicted octanol–water partition coefficient (Wildman–Crippen LogP) is 3.73. The monoisotopic (exact) mass is 256 g/mol. The van der Waals surface area contributed by atoms with Crippen LogP contribution in [0.2, 0.25) is 0 Å². The number of rotatable bonds is 5. The highest BCUT2D eigenvalue weighted by molar-refractivity contribution is 5.83. The Bertz CT molecular complexity index is 535. The molecular formula is C17H24N2. The maximum absolute atomic E-state index is 3.62. The highest BCUT2D eigenvalue weighted by Gasteiger charge is 2.13. The minimum Gasteiger partial charge on any atom is -0.346 e. The summed E-state index contributed by atoms with van der Waals surface area (Å²) in [4.78, 5) is 0. The van der Waals surface area contributed by atoms with Gasteiger partial charge in [0.1, 0.15) is 0 Å². The van der Waals surface area contributed by atoms with E-state index < -0.39 is 0 Å². The molecule has 0 aliphatic heterocycles. The first-order valence-corrected chi connectivity index (χ1v) is 7.60. The molecule has 102 valence electrons. The molecule has 1 aromatic heterocycles. The maximum Gasteiger partial charge on any atom is 0.0483 e. The molecule has 2 nitrogen and oxygen atoms in total. The lowest BCUT2D eigenvalue weighted by Gasteiger charge is -2.11. The Morgan fingerprint density at radius 3 is 2.89 bits per heavy atom. The van der Waals surface area contributed by atoms with Gasteiger partial charge >= 0.3 is 0 Å². The van der Waals surface area contributed by atoms with Gasteiger partial charge in [-0.15, -0.1) is 0 Å². The van der Waals surface area contributed by atoms with Crippen LogP contribution < -0.4 is 5.32 Å². The Morgan fingerprint density at radius 1 is 1.21 bits per heavy atom. The van der Waals surface area contributed by atoms with Gasteiger partial charge in [0.25, 0.3) is 0 Å². The Hall–Kier alpha value is -1.28. The van der Waals surface area contributed by atoms with Crippen LogP contribution in [0.1, 0.15) is 31.2 Å². The van der Waals surface area contributed by atoms with Crippen molar-refractivity contribution >= 4 is 10.9 Å². The van der Waals surface area contributed by atoms with Crippen LogP contribution in [0.25, 0.3) is 10.9 Å². The molecule has 0 amide bonds. The predicted molar refractivity (Wildman–Crippen MR) is 81.5 cm³/mol. The molecule has 1 saturated carbocycles. The van der Waals surface area contributed by atoms with Gasteiger partial charge in [-0.3, -0.25) is 0 Å². The van der Waals surface area contributed by atoms with Gasteiger partial charge in [0, 0.05) is 30.2 Å². The molecule has 1 fully saturated rings. The molecule has 1 aliphatic carbocycles. The zero-order chi connectivity index (χ0) is 13.1. The molecule has 2 aromatic rings. The van der Waals surface area contributed by atoms with E-state index in [2.05, 4.69) is 47.3 Å². The second kappa shape index (κ2) is 5.79. The summed E-state index contributed by atoms with van der Waals surface area (Å²) >= 11 is 0. The summed E-state index contributed by atoms with van der Waals surface area (Å²) in [6.45, 7) is 5.54. The third-order valence-electron chi connectivity index (χ3n) is 4.47. The number of fused-ring (bicyclic) bond motifs is 1. The standard InChI is InChI=1S/C17H24N2/c1-14-5-4-8-17-16(14)9-11-19(17)12-10-18-13-15-6-2-3-7-15/h4-5,8-9,11,15,18H,2-3,6-7,10,12-13H2,1H3. The van der Waals surface area contributed by atoms with E-state index in [1.54, 1.807) is 0 Å². The zero-order valence-corrected chi connectivity index (χ0v) is 11.9. The second-order valence-electron chi connectivity index (χ2n) is 5.87. The first kappa shape index (κ1) is 12.7. The van der Waals surface area contributed by atoms with E-state index in [4.69, 9.17) is 0 Å². The summed E-state index contributed by atoms with van der Waals surface area (Å²) in [5.74, 6) is 0.934. The number of aromatic nitrogens is 1. The van der Waals surface area contributed by atoms with E-state index in [1.807, 2.05) is 0 Å². The van der Waals surface area contributed by atoms with Crippen LogP contribution in [-0.4, -0.2) is 17.7 Å². The number of nitrogens with zero attached hydrogens (tertiary/aromatic N) is 1. The van der Waals surface area contributed by atoms with Gasteiger partial charge in [-0.2, -0.15) is 0 Å². The first-order valence-electron chi connectivity index (χ1n) is 7.60. The molecule has 0 spiro atoms. The van der Waals surface area contributed by atoms with Gasteiger partial charge in [-0.25, -0.2) is 0 Å². The number of nitrogens with one attached hydrogen (secondary N) is 1. The molecule has 1 aromatic carbocycles. The molecule has 0 radical (unpaired) electrons. The summed E-state index contributed by atoms with van der Waals surface area (Å²) in [6, 6.07) is 8.80. The van der Waals surface area contributed by atoms with Gasteiger partial charge < -0.3 is 9.88 Å². The molecule has 0 bridgehead atoms. The van der Waals surface area contributed by atoms with Gasteiger partial charge in [-0.1, -0.05) is 25.0 Å². The summed E-state index contributed by atoms with van der Waals surface area (Å²) in [6.07, 6.45) is 7.95. The summed E-state index contributed by atoms with van der Waals surface area (Å²) in [5.41, 5.74) is 2.73. The lowest BCUT2D eigenvalue weighted by Crippen LogP contribution is -2.25. The molecule has 19 heavy (non-hydrogen) atoms. The molecule has 1 aliphatic rings. The summed E-state index contributed by atoms with van der Waals surface area (Å²) < 4.78 is 2.37. The van der Waals surface area contributed by atoms with Crippen LogP contribution in [0, 0.1) is 12.8 Å². The fourth-order valence-corrected chi connectivity index (χ4v) is 3.29. The summed E-state index contributed by atoms with van der Waals surface area (Å²) in [5, 5.41) is 5.01. The van der Waals surface area contributed by atoms with Crippen LogP contribution in [0.3, 0.4) is 0 Å². The zero-order valence-electron chi connectivity index (χ0n) is 11.9. The molecule has 2 heteroatoms. The van der Waals surface area contributed by atoms with Crippen molar-refractivity contribution in [2.75, 3.05) is 13.1 Å². The third kappa shape index (κ3) is 2.84. The number of hydrogen-bond acceptors (Lipinski definition) is 1. The molecule has 1 heterocycles. The molecule has 0 atom stereocenters.